The zero-order valence-electron chi connectivity index (χ0n) is 17.3. The molecular formula is C20H28N6O3. The maximum Gasteiger partial charge on any atom is 0.310 e. The van der Waals surface area contributed by atoms with Crippen LogP contribution in [0.1, 0.15) is 19.7 Å². The molecule has 1 aliphatic heterocycles. The van der Waals surface area contributed by atoms with E-state index in [0.29, 0.717) is 24.7 Å². The number of methoxy groups -OCH3 is 2. The molecule has 2 N–H and O–H groups in total. The van der Waals surface area contributed by atoms with Crippen LogP contribution in [0.3, 0.4) is 0 Å². The van der Waals surface area contributed by atoms with E-state index in [1.165, 1.54) is 7.11 Å². The Labute approximate surface area is 170 Å². The lowest BCUT2D eigenvalue weighted by atomic mass is 9.99. The predicted molar refractivity (Wildman–Crippen MR) is 109 cm³/mol. The Morgan fingerprint density at radius 2 is 2.07 bits per heavy atom. The molecule has 2 unspecified atom stereocenters. The van der Waals surface area contributed by atoms with E-state index < -0.39 is 0 Å². The van der Waals surface area contributed by atoms with Crippen LogP contribution in [0.5, 0.6) is 5.75 Å². The average molecular weight is 400 g/mol. The SMILES string of the molecule is CCNC(=NCc1nc(-c2ccc(OC)cc2)n[nH]1)N1CC(C)C(C(=O)OC)C1. The minimum absolute atomic E-state index is 0.143. The number of likely N-dealkylation sites (tertiary alicyclic amines) is 1. The summed E-state index contributed by atoms with van der Waals surface area (Å²) in [5.74, 6) is 2.72. The predicted octanol–water partition coefficient (Wildman–Crippen LogP) is 1.69. The lowest BCUT2D eigenvalue weighted by Gasteiger charge is -2.21. The first-order valence-electron chi connectivity index (χ1n) is 9.72. The first-order chi connectivity index (χ1) is 14.0. The van der Waals surface area contributed by atoms with Crippen molar-refractivity contribution >= 4 is 11.9 Å². The van der Waals surface area contributed by atoms with Gasteiger partial charge in [-0.15, -0.1) is 0 Å². The molecular weight excluding hydrogens is 372 g/mol. The van der Waals surface area contributed by atoms with Crippen molar-refractivity contribution in [2.45, 2.75) is 20.4 Å². The highest BCUT2D eigenvalue weighted by atomic mass is 16.5. The largest absolute Gasteiger partial charge is 0.497 e. The summed E-state index contributed by atoms with van der Waals surface area (Å²) in [6.45, 7) is 6.51. The smallest absolute Gasteiger partial charge is 0.310 e. The number of carbonyl (C=O) groups excluding carboxylic acids is 1. The molecule has 9 heteroatoms. The summed E-state index contributed by atoms with van der Waals surface area (Å²) < 4.78 is 10.1. The van der Waals surface area contributed by atoms with Gasteiger partial charge in [0.25, 0.3) is 0 Å². The van der Waals surface area contributed by atoms with Gasteiger partial charge in [0.15, 0.2) is 11.8 Å². The summed E-state index contributed by atoms with van der Waals surface area (Å²) in [6, 6.07) is 7.58. The van der Waals surface area contributed by atoms with Gasteiger partial charge in [0, 0.05) is 25.2 Å². The lowest BCUT2D eigenvalue weighted by Crippen LogP contribution is -2.40. The number of aromatic nitrogens is 3. The number of hydrogen-bond donors (Lipinski definition) is 2. The monoisotopic (exact) mass is 400 g/mol. The van der Waals surface area contributed by atoms with E-state index in [9.17, 15) is 4.79 Å². The van der Waals surface area contributed by atoms with Crippen LogP contribution >= 0.6 is 0 Å². The van der Waals surface area contributed by atoms with E-state index in [4.69, 9.17) is 9.47 Å². The quantitative estimate of drug-likeness (QED) is 0.432. The molecule has 0 amide bonds. The summed E-state index contributed by atoms with van der Waals surface area (Å²) >= 11 is 0. The Morgan fingerprint density at radius 3 is 2.72 bits per heavy atom. The number of esters is 1. The summed E-state index contributed by atoms with van der Waals surface area (Å²) in [6.07, 6.45) is 0. The maximum atomic E-state index is 12.0. The van der Waals surface area contributed by atoms with Crippen molar-refractivity contribution in [1.82, 2.24) is 25.4 Å². The molecule has 156 valence electrons. The number of aromatic amines is 1. The van der Waals surface area contributed by atoms with Crippen LogP contribution in [0.4, 0.5) is 0 Å². The van der Waals surface area contributed by atoms with Crippen LogP contribution in [0.2, 0.25) is 0 Å². The van der Waals surface area contributed by atoms with E-state index in [0.717, 1.165) is 30.4 Å². The highest BCUT2D eigenvalue weighted by Gasteiger charge is 2.36. The second-order valence-electron chi connectivity index (χ2n) is 7.02. The van der Waals surface area contributed by atoms with Crippen molar-refractivity contribution in [3.05, 3.63) is 30.1 Å². The van der Waals surface area contributed by atoms with Crippen LogP contribution in [-0.2, 0) is 16.1 Å². The third-order valence-corrected chi connectivity index (χ3v) is 5.01. The molecule has 29 heavy (non-hydrogen) atoms. The normalized spacial score (nSPS) is 19.3. The molecule has 0 saturated carbocycles. The number of nitrogens with zero attached hydrogens (tertiary/aromatic N) is 4. The Balaban J connectivity index is 1.69. The first-order valence-corrected chi connectivity index (χ1v) is 9.72. The number of hydrogen-bond acceptors (Lipinski definition) is 6. The Bertz CT molecular complexity index is 848. The zero-order valence-corrected chi connectivity index (χ0v) is 17.3. The number of carbonyl (C=O) groups is 1. The maximum absolute atomic E-state index is 12.0. The van der Waals surface area contributed by atoms with E-state index in [1.807, 2.05) is 31.2 Å². The molecule has 3 rings (SSSR count). The number of aliphatic imine (C=N–C) groups is 1. The van der Waals surface area contributed by atoms with Crippen LogP contribution in [0.15, 0.2) is 29.3 Å². The van der Waals surface area contributed by atoms with Crippen LogP contribution < -0.4 is 10.1 Å². The fourth-order valence-electron chi connectivity index (χ4n) is 3.41. The molecule has 2 atom stereocenters. The summed E-state index contributed by atoms with van der Waals surface area (Å²) in [7, 11) is 3.07. The van der Waals surface area contributed by atoms with Gasteiger partial charge in [0.05, 0.1) is 20.1 Å². The number of H-pyrrole nitrogens is 1. The molecule has 1 saturated heterocycles. The van der Waals surface area contributed by atoms with Crippen molar-refractivity contribution in [3.63, 3.8) is 0 Å². The Hall–Kier alpha value is -3.10. The number of rotatable bonds is 6. The van der Waals surface area contributed by atoms with Crippen LogP contribution in [-0.4, -0.2) is 65.9 Å². The minimum atomic E-state index is -0.171. The highest BCUT2D eigenvalue weighted by molar-refractivity contribution is 5.82. The summed E-state index contributed by atoms with van der Waals surface area (Å²) in [4.78, 5) is 23.3. The van der Waals surface area contributed by atoms with Crippen molar-refractivity contribution < 1.29 is 14.3 Å². The van der Waals surface area contributed by atoms with Gasteiger partial charge in [-0.1, -0.05) is 6.92 Å². The molecule has 2 aromatic rings. The molecule has 0 bridgehead atoms. The Kier molecular flexibility index (Phi) is 6.69. The van der Waals surface area contributed by atoms with E-state index in [1.54, 1.807) is 7.11 Å². The summed E-state index contributed by atoms with van der Waals surface area (Å²) in [5.41, 5.74) is 0.901. The second kappa shape index (κ2) is 9.40. The van der Waals surface area contributed by atoms with Gasteiger partial charge in [-0.05, 0) is 37.1 Å². The highest BCUT2D eigenvalue weighted by Crippen LogP contribution is 2.24. The average Bonchev–Trinajstić information content (AvgIpc) is 3.37. The minimum Gasteiger partial charge on any atom is -0.497 e. The van der Waals surface area contributed by atoms with Crippen molar-refractivity contribution in [3.8, 4) is 17.1 Å². The van der Waals surface area contributed by atoms with Gasteiger partial charge < -0.3 is 19.7 Å². The lowest BCUT2D eigenvalue weighted by molar-refractivity contribution is -0.145. The van der Waals surface area contributed by atoms with Gasteiger partial charge in [-0.3, -0.25) is 9.89 Å². The van der Waals surface area contributed by atoms with Gasteiger partial charge >= 0.3 is 5.97 Å². The van der Waals surface area contributed by atoms with Crippen molar-refractivity contribution in [1.29, 1.82) is 0 Å². The zero-order chi connectivity index (χ0) is 20.8. The van der Waals surface area contributed by atoms with Gasteiger partial charge in [-0.25, -0.2) is 9.98 Å². The number of ether oxygens (including phenoxy) is 2. The van der Waals surface area contributed by atoms with E-state index in [2.05, 4.69) is 37.3 Å². The molecule has 0 aliphatic carbocycles. The molecule has 2 heterocycles. The molecule has 1 aliphatic rings. The fraction of sp³-hybridized carbons (Fsp3) is 0.500. The van der Waals surface area contributed by atoms with Gasteiger partial charge in [0.2, 0.25) is 0 Å². The number of guanidine groups is 1. The molecule has 0 radical (unpaired) electrons. The molecule has 0 spiro atoms. The third kappa shape index (κ3) is 4.85. The van der Waals surface area contributed by atoms with Crippen molar-refractivity contribution in [2.75, 3.05) is 33.9 Å². The molecule has 1 aromatic heterocycles. The van der Waals surface area contributed by atoms with E-state index >= 15 is 0 Å². The standard InChI is InChI=1S/C20H28N6O3/c1-5-21-20(26-11-13(2)16(12-26)19(27)29-4)22-10-17-23-18(25-24-17)14-6-8-15(28-3)9-7-14/h6-9,13,16H,5,10-12H2,1-4H3,(H,21,22)(H,23,24,25). The topological polar surface area (TPSA) is 105 Å². The first kappa shape index (κ1) is 20.6. The van der Waals surface area contributed by atoms with Crippen molar-refractivity contribution in [2.24, 2.45) is 16.8 Å². The van der Waals surface area contributed by atoms with Gasteiger partial charge in [0.1, 0.15) is 18.1 Å². The number of nitrogens with one attached hydrogen (secondary N) is 2. The summed E-state index contributed by atoms with van der Waals surface area (Å²) in [5, 5.41) is 10.5. The fourth-order valence-corrected chi connectivity index (χ4v) is 3.41. The molecule has 1 aromatic carbocycles. The Morgan fingerprint density at radius 1 is 1.31 bits per heavy atom. The van der Waals surface area contributed by atoms with Crippen LogP contribution in [0.25, 0.3) is 11.4 Å². The number of benzene rings is 1. The molecule has 9 nitrogen and oxygen atoms in total. The van der Waals surface area contributed by atoms with Crippen LogP contribution in [0, 0.1) is 11.8 Å². The third-order valence-electron chi connectivity index (χ3n) is 5.01. The second-order valence-corrected chi connectivity index (χ2v) is 7.02. The van der Waals surface area contributed by atoms with E-state index in [-0.39, 0.29) is 17.8 Å². The van der Waals surface area contributed by atoms with Gasteiger partial charge in [-0.2, -0.15) is 5.10 Å². The molecule has 1 fully saturated rings.